The molecule has 5 nitrogen and oxygen atoms in total. The van der Waals surface area contributed by atoms with Crippen LogP contribution in [0.5, 0.6) is 0 Å². The first kappa shape index (κ1) is 15.6. The first-order chi connectivity index (χ1) is 11.6. The molecule has 2 N–H and O–H groups in total. The van der Waals surface area contributed by atoms with Crippen molar-refractivity contribution in [3.8, 4) is 0 Å². The highest BCUT2D eigenvalue weighted by molar-refractivity contribution is 6.03. The smallest absolute Gasteiger partial charge is 0.258 e. The van der Waals surface area contributed by atoms with Crippen molar-refractivity contribution in [1.29, 1.82) is 0 Å². The lowest BCUT2D eigenvalue weighted by Gasteiger charge is -2.08. The predicted octanol–water partition coefficient (Wildman–Crippen LogP) is 3.92. The number of benzene rings is 2. The monoisotopic (exact) mass is 322 g/mol. The second-order valence-electron chi connectivity index (χ2n) is 5.20. The Morgan fingerprint density at radius 1 is 1.00 bits per heavy atom. The molecule has 0 radical (unpaired) electrons. The van der Waals surface area contributed by atoms with Crippen molar-refractivity contribution in [2.75, 3.05) is 10.6 Å². The number of nitrogens with zero attached hydrogens (tertiary/aromatic N) is 2. The van der Waals surface area contributed by atoms with E-state index in [9.17, 15) is 9.18 Å². The number of aryl methyl sites for hydroxylation is 1. The number of hydrogen-bond acceptors (Lipinski definition) is 4. The van der Waals surface area contributed by atoms with E-state index in [4.69, 9.17) is 0 Å². The van der Waals surface area contributed by atoms with E-state index in [1.54, 1.807) is 0 Å². The maximum absolute atomic E-state index is 12.9. The molecule has 0 aliphatic heterocycles. The van der Waals surface area contributed by atoms with Crippen molar-refractivity contribution in [3.05, 3.63) is 77.9 Å². The highest BCUT2D eigenvalue weighted by atomic mass is 19.1. The zero-order valence-electron chi connectivity index (χ0n) is 13.0. The van der Waals surface area contributed by atoms with Crippen LogP contribution in [-0.2, 0) is 0 Å². The zero-order chi connectivity index (χ0) is 16.9. The molecular formula is C18H15FN4O. The second kappa shape index (κ2) is 6.87. The summed E-state index contributed by atoms with van der Waals surface area (Å²) < 4.78 is 12.9. The molecule has 0 unspecified atom stereocenters. The number of halogens is 1. The molecule has 1 aromatic heterocycles. The molecule has 0 aliphatic carbocycles. The van der Waals surface area contributed by atoms with Crippen LogP contribution in [-0.4, -0.2) is 15.9 Å². The van der Waals surface area contributed by atoms with Crippen LogP contribution in [0.1, 0.15) is 15.9 Å². The summed E-state index contributed by atoms with van der Waals surface area (Å²) in [6.07, 6.45) is 2.87. The standard InChI is InChI=1S/C18H15FN4O/c1-12-4-2-3-5-16(12)23-18-20-10-13(11-21-18)17(24)22-15-8-6-14(19)7-9-15/h2-11H,1H3,(H,22,24)(H,20,21,23). The minimum Gasteiger partial charge on any atom is -0.324 e. The molecule has 3 rings (SSSR count). The van der Waals surface area contributed by atoms with E-state index in [1.807, 2.05) is 31.2 Å². The molecule has 1 amide bonds. The Kier molecular flexibility index (Phi) is 4.47. The van der Waals surface area contributed by atoms with Gasteiger partial charge in [-0.05, 0) is 42.8 Å². The van der Waals surface area contributed by atoms with E-state index >= 15 is 0 Å². The average Bonchev–Trinajstić information content (AvgIpc) is 2.59. The van der Waals surface area contributed by atoms with Gasteiger partial charge in [0.1, 0.15) is 5.82 Å². The molecule has 0 saturated heterocycles. The molecule has 0 spiro atoms. The van der Waals surface area contributed by atoms with E-state index in [2.05, 4.69) is 20.6 Å². The molecule has 0 atom stereocenters. The molecule has 2 aromatic carbocycles. The van der Waals surface area contributed by atoms with Gasteiger partial charge in [-0.25, -0.2) is 14.4 Å². The van der Waals surface area contributed by atoms with Crippen molar-refractivity contribution in [2.24, 2.45) is 0 Å². The number of carbonyl (C=O) groups is 1. The topological polar surface area (TPSA) is 66.9 Å². The SMILES string of the molecule is Cc1ccccc1Nc1ncc(C(=O)Nc2ccc(F)cc2)cn1. The van der Waals surface area contributed by atoms with Gasteiger partial charge >= 0.3 is 0 Å². The maximum atomic E-state index is 12.9. The van der Waals surface area contributed by atoms with Crippen LogP contribution in [0.4, 0.5) is 21.7 Å². The lowest BCUT2D eigenvalue weighted by atomic mass is 10.2. The molecule has 0 fully saturated rings. The summed E-state index contributed by atoms with van der Waals surface area (Å²) in [4.78, 5) is 20.4. The number of para-hydroxylation sites is 1. The average molecular weight is 322 g/mol. The first-order valence-corrected chi connectivity index (χ1v) is 7.33. The molecule has 0 bridgehead atoms. The molecule has 0 saturated carbocycles. The zero-order valence-corrected chi connectivity index (χ0v) is 13.0. The number of amides is 1. The summed E-state index contributed by atoms with van der Waals surface area (Å²) >= 11 is 0. The van der Waals surface area contributed by atoms with Gasteiger partial charge in [0, 0.05) is 23.8 Å². The van der Waals surface area contributed by atoms with Gasteiger partial charge in [0.05, 0.1) is 5.56 Å². The second-order valence-corrected chi connectivity index (χ2v) is 5.20. The third-order valence-corrected chi connectivity index (χ3v) is 3.41. The van der Waals surface area contributed by atoms with Gasteiger partial charge in [-0.15, -0.1) is 0 Å². The van der Waals surface area contributed by atoms with Crippen LogP contribution in [0.2, 0.25) is 0 Å². The lowest BCUT2D eigenvalue weighted by Crippen LogP contribution is -2.13. The Labute approximate surface area is 138 Å². The fourth-order valence-corrected chi connectivity index (χ4v) is 2.08. The van der Waals surface area contributed by atoms with Crippen LogP contribution in [0, 0.1) is 12.7 Å². The van der Waals surface area contributed by atoms with Crippen LogP contribution in [0.15, 0.2) is 60.9 Å². The van der Waals surface area contributed by atoms with E-state index in [1.165, 1.54) is 36.7 Å². The van der Waals surface area contributed by atoms with Crippen LogP contribution >= 0.6 is 0 Å². The summed E-state index contributed by atoms with van der Waals surface area (Å²) in [5.41, 5.74) is 2.79. The summed E-state index contributed by atoms with van der Waals surface area (Å²) in [6, 6.07) is 13.3. The van der Waals surface area contributed by atoms with Gasteiger partial charge in [-0.1, -0.05) is 18.2 Å². The molecule has 1 heterocycles. The Hall–Kier alpha value is -3.28. The molecule has 3 aromatic rings. The number of anilines is 3. The summed E-state index contributed by atoms with van der Waals surface area (Å²) in [7, 11) is 0. The van der Waals surface area contributed by atoms with E-state index in [0.29, 0.717) is 17.2 Å². The minimum atomic E-state index is -0.358. The molecular weight excluding hydrogens is 307 g/mol. The van der Waals surface area contributed by atoms with Crippen molar-refractivity contribution >= 4 is 23.2 Å². The van der Waals surface area contributed by atoms with Crippen molar-refractivity contribution < 1.29 is 9.18 Å². The van der Waals surface area contributed by atoms with Crippen LogP contribution < -0.4 is 10.6 Å². The van der Waals surface area contributed by atoms with Crippen molar-refractivity contribution in [1.82, 2.24) is 9.97 Å². The van der Waals surface area contributed by atoms with Crippen molar-refractivity contribution in [2.45, 2.75) is 6.92 Å². The summed E-state index contributed by atoms with van der Waals surface area (Å²) in [5, 5.41) is 5.76. The quantitative estimate of drug-likeness (QED) is 0.764. The van der Waals surface area contributed by atoms with Gasteiger partial charge in [0.2, 0.25) is 5.95 Å². The van der Waals surface area contributed by atoms with Gasteiger partial charge < -0.3 is 10.6 Å². The molecule has 6 heteroatoms. The van der Waals surface area contributed by atoms with Crippen molar-refractivity contribution in [3.63, 3.8) is 0 Å². The van der Waals surface area contributed by atoms with Gasteiger partial charge in [-0.2, -0.15) is 0 Å². The number of rotatable bonds is 4. The number of nitrogens with one attached hydrogen (secondary N) is 2. The molecule has 24 heavy (non-hydrogen) atoms. The predicted molar refractivity (Wildman–Crippen MR) is 90.8 cm³/mol. The third kappa shape index (κ3) is 3.73. The minimum absolute atomic E-state index is 0.314. The van der Waals surface area contributed by atoms with Crippen LogP contribution in [0.25, 0.3) is 0 Å². The Balaban J connectivity index is 1.68. The highest BCUT2D eigenvalue weighted by Gasteiger charge is 2.08. The number of aromatic nitrogens is 2. The van der Waals surface area contributed by atoms with E-state index in [0.717, 1.165) is 11.3 Å². The normalized spacial score (nSPS) is 10.2. The Bertz CT molecular complexity index is 848. The van der Waals surface area contributed by atoms with Gasteiger partial charge in [0.25, 0.3) is 5.91 Å². The molecule has 120 valence electrons. The summed E-state index contributed by atoms with van der Waals surface area (Å²) in [6.45, 7) is 1.98. The Morgan fingerprint density at radius 3 is 2.33 bits per heavy atom. The fourth-order valence-electron chi connectivity index (χ4n) is 2.08. The largest absolute Gasteiger partial charge is 0.324 e. The highest BCUT2D eigenvalue weighted by Crippen LogP contribution is 2.17. The maximum Gasteiger partial charge on any atom is 0.258 e. The van der Waals surface area contributed by atoms with E-state index < -0.39 is 0 Å². The number of hydrogen-bond donors (Lipinski definition) is 2. The number of carbonyl (C=O) groups excluding carboxylic acids is 1. The fraction of sp³-hybridized carbons (Fsp3) is 0.0556. The molecule has 0 aliphatic rings. The first-order valence-electron chi connectivity index (χ1n) is 7.33. The van der Waals surface area contributed by atoms with E-state index in [-0.39, 0.29) is 11.7 Å². The Morgan fingerprint density at radius 2 is 1.67 bits per heavy atom. The van der Waals surface area contributed by atoms with Crippen LogP contribution in [0.3, 0.4) is 0 Å². The lowest BCUT2D eigenvalue weighted by molar-refractivity contribution is 0.102. The van der Waals surface area contributed by atoms with Gasteiger partial charge in [0.15, 0.2) is 0 Å². The summed E-state index contributed by atoms with van der Waals surface area (Å²) in [5.74, 6) is -0.311. The van der Waals surface area contributed by atoms with Gasteiger partial charge in [-0.3, -0.25) is 4.79 Å². The third-order valence-electron chi connectivity index (χ3n) is 3.41.